The summed E-state index contributed by atoms with van der Waals surface area (Å²) < 4.78 is 25.2. The minimum atomic E-state index is -0.435. The predicted molar refractivity (Wildman–Crippen MR) is 123 cm³/mol. The molecule has 2 unspecified atom stereocenters. The smallest absolute Gasteiger partial charge is 0.410 e. The highest BCUT2D eigenvalue weighted by atomic mass is 19.1. The van der Waals surface area contributed by atoms with Gasteiger partial charge in [0.25, 0.3) is 0 Å². The van der Waals surface area contributed by atoms with Crippen molar-refractivity contribution in [3.8, 4) is 17.1 Å². The number of pyridine rings is 2. The molecule has 2 atom stereocenters. The second kappa shape index (κ2) is 8.53. The first-order valence-electron chi connectivity index (χ1n) is 11.3. The van der Waals surface area contributed by atoms with E-state index in [-0.39, 0.29) is 18.2 Å². The maximum Gasteiger partial charge on any atom is 0.410 e. The van der Waals surface area contributed by atoms with Gasteiger partial charge < -0.3 is 19.4 Å². The maximum absolute atomic E-state index is 14.5. The fourth-order valence-corrected chi connectivity index (χ4v) is 4.88. The highest BCUT2D eigenvalue weighted by molar-refractivity contribution is 5.94. The normalized spacial score (nSPS) is 20.0. The van der Waals surface area contributed by atoms with Gasteiger partial charge in [-0.15, -0.1) is 0 Å². The van der Waals surface area contributed by atoms with Crippen LogP contribution in [-0.2, 0) is 4.74 Å². The van der Waals surface area contributed by atoms with Crippen molar-refractivity contribution in [2.24, 2.45) is 5.92 Å². The first-order valence-corrected chi connectivity index (χ1v) is 11.3. The number of amides is 1. The number of ether oxygens (including phenoxy) is 2. The molecular formula is C24H28FN5O3. The van der Waals surface area contributed by atoms with Gasteiger partial charge in [-0.3, -0.25) is 4.90 Å². The molecule has 1 N–H and O–H groups in total. The number of nitrogens with one attached hydrogen (secondary N) is 1. The van der Waals surface area contributed by atoms with Crippen LogP contribution in [0, 0.1) is 11.7 Å². The van der Waals surface area contributed by atoms with Crippen molar-refractivity contribution in [3.63, 3.8) is 0 Å². The van der Waals surface area contributed by atoms with Gasteiger partial charge in [-0.25, -0.2) is 19.2 Å². The van der Waals surface area contributed by atoms with Gasteiger partial charge in [-0.2, -0.15) is 0 Å². The van der Waals surface area contributed by atoms with Crippen molar-refractivity contribution in [3.05, 3.63) is 36.4 Å². The number of carbonyl (C=O) groups is 1. The Kier molecular flexibility index (Phi) is 5.55. The van der Waals surface area contributed by atoms with E-state index in [2.05, 4.69) is 19.9 Å². The van der Waals surface area contributed by atoms with E-state index in [0.29, 0.717) is 35.3 Å². The van der Waals surface area contributed by atoms with Gasteiger partial charge in [0.1, 0.15) is 5.65 Å². The van der Waals surface area contributed by atoms with Crippen LogP contribution in [0.2, 0.25) is 0 Å². The van der Waals surface area contributed by atoms with Gasteiger partial charge in [-0.1, -0.05) is 13.8 Å². The number of aromatic nitrogens is 3. The highest BCUT2D eigenvalue weighted by Crippen LogP contribution is 2.37. The number of fused-ring (bicyclic) bond motifs is 3. The van der Waals surface area contributed by atoms with Gasteiger partial charge >= 0.3 is 6.09 Å². The molecule has 8 nitrogen and oxygen atoms in total. The average molecular weight is 454 g/mol. The number of methoxy groups -OCH3 is 1. The summed E-state index contributed by atoms with van der Waals surface area (Å²) >= 11 is 0. The van der Waals surface area contributed by atoms with Crippen LogP contribution in [0.4, 0.5) is 14.9 Å². The highest BCUT2D eigenvalue weighted by Gasteiger charge is 2.43. The van der Waals surface area contributed by atoms with Crippen LogP contribution >= 0.6 is 0 Å². The summed E-state index contributed by atoms with van der Waals surface area (Å²) in [7, 11) is 1.50. The molecule has 2 aliphatic rings. The number of hydrogen-bond acceptors (Lipinski definition) is 6. The van der Waals surface area contributed by atoms with E-state index in [9.17, 15) is 9.18 Å². The van der Waals surface area contributed by atoms with Crippen LogP contribution in [0.25, 0.3) is 22.3 Å². The monoisotopic (exact) mass is 453 g/mol. The zero-order chi connectivity index (χ0) is 23.1. The Morgan fingerprint density at radius 2 is 2.00 bits per heavy atom. The summed E-state index contributed by atoms with van der Waals surface area (Å²) in [6, 6.07) is 5.71. The molecule has 1 amide bonds. The quantitative estimate of drug-likeness (QED) is 0.623. The van der Waals surface area contributed by atoms with E-state index >= 15 is 0 Å². The van der Waals surface area contributed by atoms with E-state index in [1.165, 1.54) is 7.11 Å². The molecule has 2 aliphatic heterocycles. The van der Waals surface area contributed by atoms with Crippen molar-refractivity contribution < 1.29 is 18.7 Å². The number of hydrogen-bond donors (Lipinski definition) is 1. The van der Waals surface area contributed by atoms with E-state index in [0.717, 1.165) is 43.2 Å². The molecule has 0 spiro atoms. The number of rotatable bonds is 5. The number of nitrogens with zero attached hydrogens (tertiary/aromatic N) is 4. The first-order chi connectivity index (χ1) is 15.9. The molecule has 0 saturated carbocycles. The Bertz CT molecular complexity index is 1170. The third-order valence-electron chi connectivity index (χ3n) is 6.41. The molecule has 33 heavy (non-hydrogen) atoms. The Morgan fingerprint density at radius 3 is 2.70 bits per heavy atom. The zero-order valence-corrected chi connectivity index (χ0v) is 19.0. The van der Waals surface area contributed by atoms with E-state index in [1.54, 1.807) is 12.3 Å². The summed E-state index contributed by atoms with van der Waals surface area (Å²) in [4.78, 5) is 28.5. The summed E-state index contributed by atoms with van der Waals surface area (Å²) in [5, 5.41) is 0.915. The molecular weight excluding hydrogens is 425 g/mol. The minimum absolute atomic E-state index is 0.118. The van der Waals surface area contributed by atoms with Crippen LogP contribution in [0.5, 0.6) is 5.88 Å². The molecule has 5 heterocycles. The molecule has 3 aromatic rings. The van der Waals surface area contributed by atoms with Crippen molar-refractivity contribution in [1.82, 2.24) is 19.9 Å². The van der Waals surface area contributed by atoms with Crippen LogP contribution in [-0.4, -0.2) is 64.8 Å². The second-order valence-electron chi connectivity index (χ2n) is 9.15. The zero-order valence-electron chi connectivity index (χ0n) is 19.0. The molecule has 2 fully saturated rings. The molecule has 0 radical (unpaired) electrons. The Balaban J connectivity index is 1.42. The standard InChI is InChI=1S/C24H28FN5O3/c1-14(2)13-33-24(31)30-15-4-5-16(30)12-29(11-15)21-6-7-26-23-18(21)8-20(28-23)17-9-22(32-3)27-10-19(17)25/h6-10,14-16H,4-5,11-13H2,1-3H3,(H,26,28). The summed E-state index contributed by atoms with van der Waals surface area (Å²) in [5.74, 6) is 0.219. The number of H-pyrrole nitrogens is 1. The average Bonchev–Trinajstić information content (AvgIpc) is 3.35. The molecule has 0 aliphatic carbocycles. The number of aromatic amines is 1. The van der Waals surface area contributed by atoms with Gasteiger partial charge in [0, 0.05) is 42.0 Å². The number of piperazine rings is 1. The SMILES string of the molecule is COc1cc(-c2cc3c(N4CC5CCC(C4)N5C(=O)OCC(C)C)ccnc3[nH]2)c(F)cn1. The third-order valence-corrected chi connectivity index (χ3v) is 6.41. The maximum atomic E-state index is 14.5. The Labute approximate surface area is 191 Å². The molecule has 174 valence electrons. The molecule has 3 aromatic heterocycles. The molecule has 5 rings (SSSR count). The lowest BCUT2D eigenvalue weighted by molar-refractivity contribution is 0.0705. The van der Waals surface area contributed by atoms with Crippen molar-refractivity contribution in [1.29, 1.82) is 0 Å². The van der Waals surface area contributed by atoms with Crippen LogP contribution in [0.3, 0.4) is 0 Å². The summed E-state index contributed by atoms with van der Waals surface area (Å²) in [6.07, 6.45) is 4.64. The van der Waals surface area contributed by atoms with E-state index < -0.39 is 5.82 Å². The third kappa shape index (κ3) is 3.96. The fourth-order valence-electron chi connectivity index (χ4n) is 4.88. The Morgan fingerprint density at radius 1 is 1.24 bits per heavy atom. The first kappa shape index (κ1) is 21.5. The van der Waals surface area contributed by atoms with Gasteiger partial charge in [0.2, 0.25) is 5.88 Å². The van der Waals surface area contributed by atoms with E-state index in [1.807, 2.05) is 30.9 Å². The van der Waals surface area contributed by atoms with Gasteiger partial charge in [0.05, 0.1) is 37.7 Å². The topological polar surface area (TPSA) is 83.6 Å². The van der Waals surface area contributed by atoms with Crippen LogP contribution in [0.15, 0.2) is 30.6 Å². The lowest BCUT2D eigenvalue weighted by atomic mass is 10.1. The van der Waals surface area contributed by atoms with Crippen molar-refractivity contribution >= 4 is 22.8 Å². The minimum Gasteiger partial charge on any atom is -0.481 e. The molecule has 9 heteroatoms. The van der Waals surface area contributed by atoms with Crippen molar-refractivity contribution in [2.45, 2.75) is 38.8 Å². The Hall–Kier alpha value is -3.36. The second-order valence-corrected chi connectivity index (χ2v) is 9.15. The summed E-state index contributed by atoms with van der Waals surface area (Å²) in [5.41, 5.74) is 2.70. The summed E-state index contributed by atoms with van der Waals surface area (Å²) in [6.45, 7) is 5.96. The molecule has 2 bridgehead atoms. The molecule has 0 aromatic carbocycles. The number of carbonyl (C=O) groups excluding carboxylic acids is 1. The predicted octanol–water partition coefficient (Wildman–Crippen LogP) is 4.22. The number of halogens is 1. The van der Waals surface area contributed by atoms with Crippen LogP contribution < -0.4 is 9.64 Å². The van der Waals surface area contributed by atoms with E-state index in [4.69, 9.17) is 9.47 Å². The van der Waals surface area contributed by atoms with Gasteiger partial charge in [0.15, 0.2) is 5.82 Å². The van der Waals surface area contributed by atoms with Gasteiger partial charge in [-0.05, 0) is 30.9 Å². The van der Waals surface area contributed by atoms with Crippen molar-refractivity contribution in [2.75, 3.05) is 31.7 Å². The largest absolute Gasteiger partial charge is 0.481 e. The lowest BCUT2D eigenvalue weighted by Gasteiger charge is -2.41. The number of anilines is 1. The molecule has 2 saturated heterocycles. The van der Waals surface area contributed by atoms with Crippen LogP contribution in [0.1, 0.15) is 26.7 Å². The lowest BCUT2D eigenvalue weighted by Crippen LogP contribution is -2.56. The fraction of sp³-hybridized carbons (Fsp3) is 0.458.